The van der Waals surface area contributed by atoms with Crippen molar-refractivity contribution in [2.45, 2.75) is 38.0 Å². The Hall–Kier alpha value is -2.93. The van der Waals surface area contributed by atoms with Crippen molar-refractivity contribution in [1.29, 1.82) is 0 Å². The average Bonchev–Trinajstić information content (AvgIpc) is 3.36. The molecule has 0 bridgehead atoms. The molecule has 0 saturated heterocycles. The van der Waals surface area contributed by atoms with Gasteiger partial charge in [0.15, 0.2) is 5.82 Å². The maximum absolute atomic E-state index is 8.99. The lowest BCUT2D eigenvalue weighted by molar-refractivity contribution is 0.299. The third-order valence-electron chi connectivity index (χ3n) is 4.91. The van der Waals surface area contributed by atoms with E-state index in [0.29, 0.717) is 24.1 Å². The third kappa shape index (κ3) is 4.43. The van der Waals surface area contributed by atoms with Gasteiger partial charge in [-0.05, 0) is 43.0 Å². The standard InChI is InChI=1S/C20H24N6O/c27-12-10-14-5-7-16(8-6-14)22-20-21-11-9-18(24-20)23-19-13-17(25-26-19)15-3-1-2-4-15/h5-9,11,13,15,27H,1-4,10,12H2,(H3,21,22,23,24,25,26). The molecule has 0 atom stereocenters. The first kappa shape index (κ1) is 17.5. The number of aliphatic hydroxyl groups is 1. The lowest BCUT2D eigenvalue weighted by Gasteiger charge is -2.08. The highest BCUT2D eigenvalue weighted by molar-refractivity contribution is 5.57. The summed E-state index contributed by atoms with van der Waals surface area (Å²) in [6.45, 7) is 0.152. The fraction of sp³-hybridized carbons (Fsp3) is 0.350. The van der Waals surface area contributed by atoms with Gasteiger partial charge in [-0.25, -0.2) is 4.98 Å². The lowest BCUT2D eigenvalue weighted by Crippen LogP contribution is -2.00. The Kier molecular flexibility index (Phi) is 5.29. The van der Waals surface area contributed by atoms with E-state index in [9.17, 15) is 0 Å². The molecule has 0 radical (unpaired) electrons. The Morgan fingerprint density at radius 2 is 1.85 bits per heavy atom. The molecule has 1 aliphatic carbocycles. The van der Waals surface area contributed by atoms with Gasteiger partial charge in [-0.1, -0.05) is 25.0 Å². The van der Waals surface area contributed by atoms with Gasteiger partial charge >= 0.3 is 0 Å². The molecule has 0 amide bonds. The Morgan fingerprint density at radius 1 is 1.04 bits per heavy atom. The van der Waals surface area contributed by atoms with E-state index < -0.39 is 0 Å². The first-order chi connectivity index (χ1) is 13.3. The van der Waals surface area contributed by atoms with Crippen LogP contribution in [0.15, 0.2) is 42.6 Å². The summed E-state index contributed by atoms with van der Waals surface area (Å²) in [5.74, 6) is 2.58. The van der Waals surface area contributed by atoms with E-state index in [1.807, 2.05) is 30.3 Å². The molecule has 1 aromatic carbocycles. The molecule has 4 rings (SSSR count). The average molecular weight is 364 g/mol. The Balaban J connectivity index is 1.41. The van der Waals surface area contributed by atoms with E-state index in [4.69, 9.17) is 5.11 Å². The van der Waals surface area contributed by atoms with Gasteiger partial charge in [0.05, 0.1) is 0 Å². The van der Waals surface area contributed by atoms with Crippen molar-refractivity contribution in [2.24, 2.45) is 0 Å². The topological polar surface area (TPSA) is 98.8 Å². The molecular weight excluding hydrogens is 340 g/mol. The number of nitrogens with zero attached hydrogens (tertiary/aromatic N) is 3. The van der Waals surface area contributed by atoms with E-state index in [1.165, 1.54) is 31.4 Å². The maximum atomic E-state index is 8.99. The smallest absolute Gasteiger partial charge is 0.229 e. The number of anilines is 4. The lowest BCUT2D eigenvalue weighted by atomic mass is 10.0. The highest BCUT2D eigenvalue weighted by Gasteiger charge is 2.19. The number of hydrogen-bond acceptors (Lipinski definition) is 6. The van der Waals surface area contributed by atoms with Crippen molar-refractivity contribution < 1.29 is 5.11 Å². The van der Waals surface area contributed by atoms with Crippen LogP contribution in [-0.2, 0) is 6.42 Å². The Morgan fingerprint density at radius 3 is 2.63 bits per heavy atom. The highest BCUT2D eigenvalue weighted by atomic mass is 16.2. The summed E-state index contributed by atoms with van der Waals surface area (Å²) in [6, 6.07) is 11.8. The largest absolute Gasteiger partial charge is 0.396 e. The molecule has 140 valence electrons. The van der Waals surface area contributed by atoms with Crippen molar-refractivity contribution in [2.75, 3.05) is 17.2 Å². The van der Waals surface area contributed by atoms with E-state index in [0.717, 1.165) is 17.1 Å². The number of H-pyrrole nitrogens is 1. The zero-order chi connectivity index (χ0) is 18.5. The van der Waals surface area contributed by atoms with Crippen LogP contribution >= 0.6 is 0 Å². The second-order valence-electron chi connectivity index (χ2n) is 6.88. The molecule has 2 aromatic heterocycles. The summed E-state index contributed by atoms with van der Waals surface area (Å²) in [6.07, 6.45) is 7.44. The number of nitrogens with one attached hydrogen (secondary N) is 3. The quantitative estimate of drug-likeness (QED) is 0.508. The first-order valence-electron chi connectivity index (χ1n) is 9.42. The molecule has 0 aliphatic heterocycles. The van der Waals surface area contributed by atoms with Crippen LogP contribution in [0.4, 0.5) is 23.3 Å². The van der Waals surface area contributed by atoms with Gasteiger partial charge in [0, 0.05) is 36.2 Å². The van der Waals surface area contributed by atoms with Crippen LogP contribution in [0.3, 0.4) is 0 Å². The summed E-state index contributed by atoms with van der Waals surface area (Å²) in [5, 5.41) is 22.9. The normalized spacial score (nSPS) is 14.4. The molecule has 2 heterocycles. The summed E-state index contributed by atoms with van der Waals surface area (Å²) >= 11 is 0. The number of benzene rings is 1. The maximum Gasteiger partial charge on any atom is 0.229 e. The molecule has 27 heavy (non-hydrogen) atoms. The van der Waals surface area contributed by atoms with Gasteiger partial charge in [-0.15, -0.1) is 0 Å². The zero-order valence-electron chi connectivity index (χ0n) is 15.2. The van der Waals surface area contributed by atoms with Crippen molar-refractivity contribution in [3.63, 3.8) is 0 Å². The highest BCUT2D eigenvalue weighted by Crippen LogP contribution is 2.33. The van der Waals surface area contributed by atoms with Gasteiger partial charge < -0.3 is 15.7 Å². The van der Waals surface area contributed by atoms with Crippen molar-refractivity contribution in [3.05, 3.63) is 53.9 Å². The molecule has 7 heteroatoms. The van der Waals surface area contributed by atoms with Gasteiger partial charge in [0.2, 0.25) is 5.95 Å². The molecule has 0 unspecified atom stereocenters. The number of aliphatic hydroxyl groups excluding tert-OH is 1. The molecule has 1 fully saturated rings. The first-order valence-corrected chi connectivity index (χ1v) is 9.42. The minimum atomic E-state index is 0.152. The summed E-state index contributed by atoms with van der Waals surface area (Å²) in [7, 11) is 0. The summed E-state index contributed by atoms with van der Waals surface area (Å²) in [5.41, 5.74) is 3.19. The number of aromatic amines is 1. The molecule has 0 spiro atoms. The fourth-order valence-electron chi connectivity index (χ4n) is 3.48. The van der Waals surface area contributed by atoms with Crippen LogP contribution in [0.5, 0.6) is 0 Å². The molecule has 4 N–H and O–H groups in total. The van der Waals surface area contributed by atoms with Gasteiger partial charge in [0.1, 0.15) is 5.82 Å². The number of rotatable bonds is 7. The van der Waals surface area contributed by atoms with Crippen LogP contribution in [0, 0.1) is 0 Å². The third-order valence-corrected chi connectivity index (χ3v) is 4.91. The van der Waals surface area contributed by atoms with Crippen LogP contribution in [0.1, 0.15) is 42.9 Å². The van der Waals surface area contributed by atoms with Crippen molar-refractivity contribution in [1.82, 2.24) is 20.2 Å². The van der Waals surface area contributed by atoms with Crippen molar-refractivity contribution in [3.8, 4) is 0 Å². The van der Waals surface area contributed by atoms with Gasteiger partial charge in [-0.2, -0.15) is 10.1 Å². The van der Waals surface area contributed by atoms with Crippen LogP contribution in [-0.4, -0.2) is 31.9 Å². The van der Waals surface area contributed by atoms with E-state index in [-0.39, 0.29) is 6.61 Å². The summed E-state index contributed by atoms with van der Waals surface area (Å²) in [4.78, 5) is 8.77. The molecule has 3 aromatic rings. The SMILES string of the molecule is OCCc1ccc(Nc2nccc(Nc3cc(C4CCCC4)[nH]n3)n2)cc1. The fourth-order valence-corrected chi connectivity index (χ4v) is 3.48. The van der Waals surface area contributed by atoms with Gasteiger partial charge in [-0.3, -0.25) is 5.10 Å². The number of hydrogen-bond donors (Lipinski definition) is 4. The predicted octanol–water partition coefficient (Wildman–Crippen LogP) is 3.88. The van der Waals surface area contributed by atoms with Crippen LogP contribution in [0.2, 0.25) is 0 Å². The minimum absolute atomic E-state index is 0.152. The molecule has 1 saturated carbocycles. The van der Waals surface area contributed by atoms with E-state index in [2.05, 4.69) is 36.9 Å². The second-order valence-corrected chi connectivity index (χ2v) is 6.88. The monoisotopic (exact) mass is 364 g/mol. The Bertz CT molecular complexity index is 870. The van der Waals surface area contributed by atoms with Gasteiger partial charge in [0.25, 0.3) is 0 Å². The van der Waals surface area contributed by atoms with Crippen molar-refractivity contribution >= 4 is 23.3 Å². The molecule has 7 nitrogen and oxygen atoms in total. The second kappa shape index (κ2) is 8.18. The van der Waals surface area contributed by atoms with Crippen LogP contribution < -0.4 is 10.6 Å². The predicted molar refractivity (Wildman–Crippen MR) is 106 cm³/mol. The minimum Gasteiger partial charge on any atom is -0.396 e. The zero-order valence-corrected chi connectivity index (χ0v) is 15.2. The molecular formula is C20H24N6O. The summed E-state index contributed by atoms with van der Waals surface area (Å²) < 4.78 is 0. The van der Waals surface area contributed by atoms with Crippen LogP contribution in [0.25, 0.3) is 0 Å². The molecule has 1 aliphatic rings. The Labute approximate surface area is 158 Å². The van der Waals surface area contributed by atoms with E-state index in [1.54, 1.807) is 6.20 Å². The number of aromatic nitrogens is 4. The van der Waals surface area contributed by atoms with E-state index >= 15 is 0 Å².